The lowest BCUT2D eigenvalue weighted by molar-refractivity contribution is 0.0954. The largest absolute Gasteiger partial charge is 0.364 e. The molecule has 2 aliphatic rings. The maximum absolute atomic E-state index is 14.4. The van der Waals surface area contributed by atoms with Crippen LogP contribution in [0.5, 0.6) is 0 Å². The fourth-order valence-electron chi connectivity index (χ4n) is 4.58. The second kappa shape index (κ2) is 9.69. The van der Waals surface area contributed by atoms with Crippen LogP contribution in [0, 0.1) is 18.7 Å². The summed E-state index contributed by atoms with van der Waals surface area (Å²) in [7, 11) is 0. The minimum absolute atomic E-state index is 0.0452. The van der Waals surface area contributed by atoms with E-state index < -0.39 is 5.91 Å². The van der Waals surface area contributed by atoms with E-state index in [4.69, 9.17) is 5.73 Å². The molecule has 1 saturated carbocycles. The van der Waals surface area contributed by atoms with Crippen LogP contribution in [0.2, 0.25) is 0 Å². The number of benzene rings is 1. The van der Waals surface area contributed by atoms with Gasteiger partial charge in [0.1, 0.15) is 16.6 Å². The minimum Gasteiger partial charge on any atom is -0.364 e. The molecule has 2 aromatic heterocycles. The number of aromatic nitrogens is 3. The fraction of sp³-hybridized carbons (Fsp3) is 0.400. The standard InChI is InChI=1S/C25H27FN6O2S/c1-14-9-22(35-31-14)30-25-23(24(27)34)28-12-21(29-25)32-8-2-3-15(13-32)10-20(33)17-6-7-18(16-4-5-16)19(26)11-17/h6-7,9,11-12,15-16H,2-5,8,10,13H2,1H3,(H2,27,34)(H,29,30)/t15-/m0/s1. The van der Waals surface area contributed by atoms with Crippen LogP contribution in [0.25, 0.3) is 0 Å². The van der Waals surface area contributed by atoms with Crippen molar-refractivity contribution in [2.75, 3.05) is 23.3 Å². The normalized spacial score (nSPS) is 17.9. The molecule has 0 spiro atoms. The first-order chi connectivity index (χ1) is 16.9. The van der Waals surface area contributed by atoms with Gasteiger partial charge in [0.25, 0.3) is 5.91 Å². The van der Waals surface area contributed by atoms with E-state index in [2.05, 4.69) is 24.6 Å². The summed E-state index contributed by atoms with van der Waals surface area (Å²) in [5.74, 6) is 0.322. The molecular formula is C25H27FN6O2S. The molecule has 3 heterocycles. The molecule has 0 radical (unpaired) electrons. The van der Waals surface area contributed by atoms with Gasteiger partial charge in [-0.3, -0.25) is 9.59 Å². The molecular weight excluding hydrogens is 467 g/mol. The number of aryl methyl sites for hydroxylation is 1. The second-order valence-electron chi connectivity index (χ2n) is 9.34. The van der Waals surface area contributed by atoms with E-state index in [0.29, 0.717) is 30.3 Å². The lowest BCUT2D eigenvalue weighted by Crippen LogP contribution is -2.37. The van der Waals surface area contributed by atoms with Gasteiger partial charge in [-0.1, -0.05) is 12.1 Å². The Labute approximate surface area is 206 Å². The van der Waals surface area contributed by atoms with Crippen LogP contribution in [-0.2, 0) is 0 Å². The van der Waals surface area contributed by atoms with Gasteiger partial charge in [0.15, 0.2) is 17.3 Å². The van der Waals surface area contributed by atoms with Crippen LogP contribution >= 0.6 is 11.5 Å². The van der Waals surface area contributed by atoms with Crippen LogP contribution in [0.4, 0.5) is 21.0 Å². The summed E-state index contributed by atoms with van der Waals surface area (Å²) in [6.07, 6.45) is 5.72. The number of Topliss-reactive ketones (excluding diaryl/α,β-unsaturated/α-hetero) is 1. The number of carbonyl (C=O) groups excluding carboxylic acids is 2. The van der Waals surface area contributed by atoms with Crippen molar-refractivity contribution < 1.29 is 14.0 Å². The van der Waals surface area contributed by atoms with Gasteiger partial charge in [0.05, 0.1) is 11.9 Å². The molecule has 1 atom stereocenters. The van der Waals surface area contributed by atoms with Crippen LogP contribution in [-0.4, -0.2) is 39.1 Å². The molecule has 1 saturated heterocycles. The smallest absolute Gasteiger partial charge is 0.271 e. The number of primary amides is 1. The number of ketones is 1. The van der Waals surface area contributed by atoms with Crippen molar-refractivity contribution in [1.82, 2.24) is 14.3 Å². The predicted molar refractivity (Wildman–Crippen MR) is 133 cm³/mol. The SMILES string of the molecule is Cc1cc(Nc2nc(N3CCC[C@@H](CC(=O)c4ccc(C5CC5)c(F)c4)C3)cnc2C(N)=O)sn1. The monoisotopic (exact) mass is 494 g/mol. The lowest BCUT2D eigenvalue weighted by atomic mass is 9.90. The maximum Gasteiger partial charge on any atom is 0.271 e. The van der Waals surface area contributed by atoms with Crippen molar-refractivity contribution in [1.29, 1.82) is 0 Å². The number of nitrogens with one attached hydrogen (secondary N) is 1. The average molecular weight is 495 g/mol. The van der Waals surface area contributed by atoms with Crippen LogP contribution in [0.15, 0.2) is 30.5 Å². The highest BCUT2D eigenvalue weighted by atomic mass is 32.1. The predicted octanol–water partition coefficient (Wildman–Crippen LogP) is 4.59. The van der Waals surface area contributed by atoms with Crippen molar-refractivity contribution in [3.8, 4) is 0 Å². The highest BCUT2D eigenvalue weighted by Gasteiger charge is 2.28. The molecule has 1 amide bonds. The average Bonchev–Trinajstić information content (AvgIpc) is 3.60. The number of anilines is 3. The van der Waals surface area contributed by atoms with Gasteiger partial charge in [0.2, 0.25) is 0 Å². The summed E-state index contributed by atoms with van der Waals surface area (Å²) in [6, 6.07) is 6.77. The number of nitrogens with zero attached hydrogens (tertiary/aromatic N) is 4. The Morgan fingerprint density at radius 3 is 2.77 bits per heavy atom. The van der Waals surface area contributed by atoms with Crippen molar-refractivity contribution in [2.45, 2.75) is 44.9 Å². The van der Waals surface area contributed by atoms with E-state index in [1.807, 2.05) is 13.0 Å². The van der Waals surface area contributed by atoms with E-state index >= 15 is 0 Å². The summed E-state index contributed by atoms with van der Waals surface area (Å²) in [4.78, 5) is 35.8. The molecule has 1 aliphatic heterocycles. The Morgan fingerprint density at radius 2 is 2.09 bits per heavy atom. The summed E-state index contributed by atoms with van der Waals surface area (Å²) < 4.78 is 18.7. The third-order valence-electron chi connectivity index (χ3n) is 6.52. The molecule has 35 heavy (non-hydrogen) atoms. The Morgan fingerprint density at radius 1 is 1.26 bits per heavy atom. The number of piperidine rings is 1. The van der Waals surface area contributed by atoms with Gasteiger partial charge in [0, 0.05) is 25.1 Å². The quantitative estimate of drug-likeness (QED) is 0.440. The minimum atomic E-state index is -0.671. The number of amides is 1. The molecule has 182 valence electrons. The van der Waals surface area contributed by atoms with E-state index in [-0.39, 0.29) is 29.0 Å². The summed E-state index contributed by atoms with van der Waals surface area (Å²) in [5.41, 5.74) is 7.57. The number of halogens is 1. The van der Waals surface area contributed by atoms with E-state index in [9.17, 15) is 14.0 Å². The second-order valence-corrected chi connectivity index (χ2v) is 10.1. The van der Waals surface area contributed by atoms with E-state index in [1.165, 1.54) is 17.6 Å². The Hall–Kier alpha value is -3.40. The van der Waals surface area contributed by atoms with Gasteiger partial charge in [-0.2, -0.15) is 4.37 Å². The molecule has 0 bridgehead atoms. The zero-order valence-electron chi connectivity index (χ0n) is 19.5. The third-order valence-corrected chi connectivity index (χ3v) is 7.32. The maximum atomic E-state index is 14.4. The summed E-state index contributed by atoms with van der Waals surface area (Å²) >= 11 is 1.26. The van der Waals surface area contributed by atoms with E-state index in [1.54, 1.807) is 18.3 Å². The third kappa shape index (κ3) is 5.32. The Balaban J connectivity index is 1.29. The van der Waals surface area contributed by atoms with Gasteiger partial charge in [-0.15, -0.1) is 0 Å². The molecule has 1 aliphatic carbocycles. The zero-order chi connectivity index (χ0) is 24.5. The number of carbonyl (C=O) groups is 2. The van der Waals surface area contributed by atoms with Crippen LogP contribution in [0.1, 0.15) is 70.1 Å². The summed E-state index contributed by atoms with van der Waals surface area (Å²) in [6.45, 7) is 3.26. The first kappa shape index (κ1) is 23.3. The molecule has 2 fully saturated rings. The number of rotatable bonds is 8. The fourth-order valence-corrected chi connectivity index (χ4v) is 5.25. The molecule has 3 N–H and O–H groups in total. The zero-order valence-corrected chi connectivity index (χ0v) is 20.3. The molecule has 3 aromatic rings. The highest BCUT2D eigenvalue weighted by molar-refractivity contribution is 7.10. The van der Waals surface area contributed by atoms with Gasteiger partial charge in [-0.25, -0.2) is 14.4 Å². The van der Waals surface area contributed by atoms with Crippen LogP contribution in [0.3, 0.4) is 0 Å². The lowest BCUT2D eigenvalue weighted by Gasteiger charge is -2.33. The Bertz CT molecular complexity index is 1270. The van der Waals surface area contributed by atoms with Gasteiger partial charge in [-0.05, 0) is 73.7 Å². The van der Waals surface area contributed by atoms with Crippen molar-refractivity contribution in [2.24, 2.45) is 11.7 Å². The highest BCUT2D eigenvalue weighted by Crippen LogP contribution is 2.41. The molecule has 1 aromatic carbocycles. The van der Waals surface area contributed by atoms with Crippen molar-refractivity contribution >= 4 is 39.9 Å². The van der Waals surface area contributed by atoms with Gasteiger partial charge >= 0.3 is 0 Å². The number of nitrogens with two attached hydrogens (primary N) is 1. The molecule has 0 unspecified atom stereocenters. The number of hydrogen-bond donors (Lipinski definition) is 2. The number of hydrogen-bond acceptors (Lipinski definition) is 8. The first-order valence-corrected chi connectivity index (χ1v) is 12.6. The van der Waals surface area contributed by atoms with Crippen LogP contribution < -0.4 is 16.0 Å². The van der Waals surface area contributed by atoms with Crippen molar-refractivity contribution in [3.05, 3.63) is 58.8 Å². The Kier molecular flexibility index (Phi) is 6.46. The van der Waals surface area contributed by atoms with E-state index in [0.717, 1.165) is 48.5 Å². The van der Waals surface area contributed by atoms with Gasteiger partial charge < -0.3 is 16.0 Å². The molecule has 8 nitrogen and oxygen atoms in total. The topological polar surface area (TPSA) is 114 Å². The molecule has 10 heteroatoms. The first-order valence-electron chi connectivity index (χ1n) is 11.8. The van der Waals surface area contributed by atoms with Crippen molar-refractivity contribution in [3.63, 3.8) is 0 Å². The molecule has 5 rings (SSSR count). The summed E-state index contributed by atoms with van der Waals surface area (Å²) in [5, 5.41) is 3.84.